The predicted molar refractivity (Wildman–Crippen MR) is 94.6 cm³/mol. The van der Waals surface area contributed by atoms with Crippen molar-refractivity contribution >= 4 is 27.5 Å². The molecule has 4 heteroatoms. The molecule has 0 aliphatic heterocycles. The van der Waals surface area contributed by atoms with Gasteiger partial charge in [0.25, 0.3) is 0 Å². The van der Waals surface area contributed by atoms with E-state index in [4.69, 9.17) is 4.98 Å². The quantitative estimate of drug-likeness (QED) is 0.853. The fourth-order valence-corrected chi connectivity index (χ4v) is 4.62. The van der Waals surface area contributed by atoms with Gasteiger partial charge in [-0.2, -0.15) is 0 Å². The summed E-state index contributed by atoms with van der Waals surface area (Å²) in [5.41, 5.74) is 1.05. The van der Waals surface area contributed by atoms with Gasteiger partial charge in [0.1, 0.15) is 0 Å². The van der Waals surface area contributed by atoms with Crippen molar-refractivity contribution in [3.8, 4) is 0 Å². The lowest BCUT2D eigenvalue weighted by Gasteiger charge is -2.27. The number of nitrogens with one attached hydrogen (secondary N) is 1. The number of rotatable bonds is 4. The normalized spacial score (nSPS) is 25.4. The Bertz CT molecular complexity index is 714. The zero-order valence-electron chi connectivity index (χ0n) is 13.4. The molecule has 1 aromatic carbocycles. The first-order chi connectivity index (χ1) is 11.2. The van der Waals surface area contributed by atoms with Gasteiger partial charge in [0, 0.05) is 12.0 Å². The summed E-state index contributed by atoms with van der Waals surface area (Å²) in [5, 5.41) is 4.36. The molecule has 4 rings (SSSR count). The Morgan fingerprint density at radius 2 is 2.04 bits per heavy atom. The molecule has 0 spiro atoms. The Morgan fingerprint density at radius 3 is 2.83 bits per heavy atom. The van der Waals surface area contributed by atoms with E-state index in [0.717, 1.165) is 23.4 Å². The fourth-order valence-electron chi connectivity index (χ4n) is 3.47. The maximum atomic E-state index is 12.8. The van der Waals surface area contributed by atoms with Gasteiger partial charge in [-0.3, -0.25) is 4.79 Å². The average Bonchev–Trinajstić information content (AvgIpc) is 3.33. The topological polar surface area (TPSA) is 42.0 Å². The zero-order chi connectivity index (χ0) is 15.8. The molecule has 1 N–H and O–H groups in total. The first-order valence-corrected chi connectivity index (χ1v) is 9.35. The van der Waals surface area contributed by atoms with E-state index < -0.39 is 0 Å². The van der Waals surface area contributed by atoms with Gasteiger partial charge < -0.3 is 5.32 Å². The largest absolute Gasteiger partial charge is 0.353 e. The molecule has 1 aromatic heterocycles. The molecule has 1 amide bonds. The first kappa shape index (κ1) is 14.9. The van der Waals surface area contributed by atoms with Gasteiger partial charge in [0.2, 0.25) is 5.91 Å². The monoisotopic (exact) mass is 326 g/mol. The number of benzene rings is 1. The van der Waals surface area contributed by atoms with Crippen molar-refractivity contribution in [3.05, 3.63) is 41.4 Å². The highest BCUT2D eigenvalue weighted by Crippen LogP contribution is 2.39. The number of carbonyl (C=O) groups excluding carboxylic acids is 1. The van der Waals surface area contributed by atoms with Crippen LogP contribution in [0.4, 0.5) is 0 Å². The molecule has 2 aromatic rings. The van der Waals surface area contributed by atoms with Crippen LogP contribution in [0.3, 0.4) is 0 Å². The van der Waals surface area contributed by atoms with Crippen LogP contribution in [0.2, 0.25) is 0 Å². The molecule has 0 saturated heterocycles. The van der Waals surface area contributed by atoms with E-state index in [1.165, 1.54) is 17.5 Å². The van der Waals surface area contributed by atoms with Crippen LogP contribution in [0.25, 0.3) is 10.2 Å². The number of aromatic nitrogens is 1. The van der Waals surface area contributed by atoms with E-state index in [-0.39, 0.29) is 17.7 Å². The van der Waals surface area contributed by atoms with Gasteiger partial charge in [-0.1, -0.05) is 24.3 Å². The first-order valence-electron chi connectivity index (χ1n) is 8.53. The average molecular weight is 326 g/mol. The fraction of sp³-hybridized carbons (Fsp3) is 0.474. The molecule has 3 nitrogen and oxygen atoms in total. The third kappa shape index (κ3) is 3.05. The van der Waals surface area contributed by atoms with Crippen LogP contribution in [-0.2, 0) is 4.79 Å². The second-order valence-electron chi connectivity index (χ2n) is 6.81. The van der Waals surface area contributed by atoms with Crippen molar-refractivity contribution in [3.63, 3.8) is 0 Å². The molecule has 2 aliphatic carbocycles. The van der Waals surface area contributed by atoms with E-state index in [2.05, 4.69) is 36.5 Å². The molecule has 2 aliphatic rings. The van der Waals surface area contributed by atoms with Crippen molar-refractivity contribution in [2.24, 2.45) is 11.8 Å². The van der Waals surface area contributed by atoms with Gasteiger partial charge in [-0.25, -0.2) is 4.98 Å². The Balaban J connectivity index is 1.57. The van der Waals surface area contributed by atoms with Crippen LogP contribution in [-0.4, -0.2) is 16.9 Å². The Hall–Kier alpha value is -1.68. The van der Waals surface area contributed by atoms with Crippen LogP contribution < -0.4 is 5.32 Å². The SMILES string of the molecule is CC(NC(=O)C1CC=CCC1c1nc2ccccc2s1)C1CC1. The molecule has 3 atom stereocenters. The highest BCUT2D eigenvalue weighted by Gasteiger charge is 2.35. The second kappa shape index (κ2) is 6.08. The summed E-state index contributed by atoms with van der Waals surface area (Å²) in [5.74, 6) is 1.13. The lowest BCUT2D eigenvalue weighted by Crippen LogP contribution is -2.40. The number of thiazole rings is 1. The van der Waals surface area contributed by atoms with E-state index in [1.54, 1.807) is 11.3 Å². The van der Waals surface area contributed by atoms with E-state index in [1.807, 2.05) is 12.1 Å². The van der Waals surface area contributed by atoms with Gasteiger partial charge in [0.15, 0.2) is 0 Å². The van der Waals surface area contributed by atoms with Crippen molar-refractivity contribution in [1.29, 1.82) is 0 Å². The van der Waals surface area contributed by atoms with Crippen LogP contribution in [0.15, 0.2) is 36.4 Å². The third-order valence-corrected chi connectivity index (χ3v) is 6.26. The highest BCUT2D eigenvalue weighted by molar-refractivity contribution is 7.18. The number of carbonyl (C=O) groups is 1. The molecule has 3 unspecified atom stereocenters. The Labute approximate surface area is 140 Å². The summed E-state index contributed by atoms with van der Waals surface area (Å²) in [4.78, 5) is 17.6. The lowest BCUT2D eigenvalue weighted by atomic mass is 9.82. The van der Waals surface area contributed by atoms with Crippen LogP contribution in [0, 0.1) is 11.8 Å². The molecule has 1 saturated carbocycles. The van der Waals surface area contributed by atoms with E-state index in [9.17, 15) is 4.79 Å². The molecule has 120 valence electrons. The lowest BCUT2D eigenvalue weighted by molar-refractivity contribution is -0.126. The summed E-state index contributed by atoms with van der Waals surface area (Å²) < 4.78 is 1.21. The van der Waals surface area contributed by atoms with Gasteiger partial charge in [-0.15, -0.1) is 11.3 Å². The second-order valence-corrected chi connectivity index (χ2v) is 7.87. The number of nitrogens with zero attached hydrogens (tertiary/aromatic N) is 1. The summed E-state index contributed by atoms with van der Waals surface area (Å²) in [6.45, 7) is 2.14. The summed E-state index contributed by atoms with van der Waals surface area (Å²) >= 11 is 1.74. The van der Waals surface area contributed by atoms with E-state index in [0.29, 0.717) is 12.0 Å². The van der Waals surface area contributed by atoms with Crippen LogP contribution in [0.5, 0.6) is 0 Å². The van der Waals surface area contributed by atoms with Crippen molar-refractivity contribution < 1.29 is 4.79 Å². The van der Waals surface area contributed by atoms with E-state index >= 15 is 0 Å². The minimum absolute atomic E-state index is 0.0155. The molecular weight excluding hydrogens is 304 g/mol. The number of fused-ring (bicyclic) bond motifs is 1. The highest BCUT2D eigenvalue weighted by atomic mass is 32.1. The zero-order valence-corrected chi connectivity index (χ0v) is 14.2. The molecule has 0 radical (unpaired) electrons. The van der Waals surface area contributed by atoms with Crippen LogP contribution >= 0.6 is 11.3 Å². The Morgan fingerprint density at radius 1 is 1.26 bits per heavy atom. The minimum atomic E-state index is 0.0155. The molecule has 0 bridgehead atoms. The molecule has 1 fully saturated rings. The van der Waals surface area contributed by atoms with Gasteiger partial charge in [0.05, 0.1) is 21.1 Å². The molecule has 1 heterocycles. The third-order valence-electron chi connectivity index (χ3n) is 5.10. The number of hydrogen-bond donors (Lipinski definition) is 1. The van der Waals surface area contributed by atoms with Crippen molar-refractivity contribution in [2.45, 2.75) is 44.6 Å². The number of allylic oxidation sites excluding steroid dienone is 2. The van der Waals surface area contributed by atoms with Crippen molar-refractivity contribution in [1.82, 2.24) is 10.3 Å². The predicted octanol–water partition coefficient (Wildman–Crippen LogP) is 4.26. The standard InChI is InChI=1S/C19H22N2OS/c1-12(13-10-11-13)20-18(22)14-6-2-3-7-15(14)19-21-16-8-4-5-9-17(16)23-19/h2-5,8-9,12-15H,6-7,10-11H2,1H3,(H,20,22). The smallest absolute Gasteiger partial charge is 0.224 e. The minimum Gasteiger partial charge on any atom is -0.353 e. The molecule has 23 heavy (non-hydrogen) atoms. The summed E-state index contributed by atoms with van der Waals surface area (Å²) in [6, 6.07) is 8.54. The van der Waals surface area contributed by atoms with Crippen LogP contribution in [0.1, 0.15) is 43.5 Å². The van der Waals surface area contributed by atoms with Crippen molar-refractivity contribution in [2.75, 3.05) is 0 Å². The maximum Gasteiger partial charge on any atom is 0.224 e. The number of para-hydroxylation sites is 1. The summed E-state index contributed by atoms with van der Waals surface area (Å²) in [7, 11) is 0. The maximum absolute atomic E-state index is 12.8. The Kier molecular flexibility index (Phi) is 3.93. The van der Waals surface area contributed by atoms with Gasteiger partial charge in [-0.05, 0) is 50.7 Å². The number of amides is 1. The summed E-state index contributed by atoms with van der Waals surface area (Å²) in [6.07, 6.45) is 8.60. The van der Waals surface area contributed by atoms with Gasteiger partial charge >= 0.3 is 0 Å². The number of hydrogen-bond acceptors (Lipinski definition) is 3. The molecular formula is C19H22N2OS.